The number of benzene rings is 2. The zero-order valence-electron chi connectivity index (χ0n) is 18.0. The predicted octanol–water partition coefficient (Wildman–Crippen LogP) is 3.58. The Bertz CT molecular complexity index is 1270. The summed E-state index contributed by atoms with van der Waals surface area (Å²) < 4.78 is 6.41. The molecule has 0 spiro atoms. The number of carbonyl (C=O) groups is 1. The third-order valence-electron chi connectivity index (χ3n) is 5.51. The van der Waals surface area contributed by atoms with Crippen LogP contribution in [0, 0.1) is 0 Å². The Morgan fingerprint density at radius 1 is 1.15 bits per heavy atom. The number of amides is 1. The molecule has 4 N–H and O–H groups in total. The van der Waals surface area contributed by atoms with Crippen molar-refractivity contribution in [3.8, 4) is 11.1 Å². The SMILES string of the molecule is NCNC(=O)c1cccc(-c2csc3cnc(Nc4ccc(N5CCOCC5)cc4)nc23)c1. The number of hydrogen-bond donors (Lipinski definition) is 3. The molecule has 0 bridgehead atoms. The normalized spacial score (nSPS) is 13.8. The van der Waals surface area contributed by atoms with Crippen molar-refractivity contribution in [2.45, 2.75) is 0 Å². The molecule has 3 heterocycles. The maximum Gasteiger partial charge on any atom is 0.252 e. The summed E-state index contributed by atoms with van der Waals surface area (Å²) in [6.07, 6.45) is 1.83. The Morgan fingerprint density at radius 2 is 1.97 bits per heavy atom. The molecule has 1 aliphatic rings. The minimum Gasteiger partial charge on any atom is -0.378 e. The van der Waals surface area contributed by atoms with Gasteiger partial charge in [-0.3, -0.25) is 4.79 Å². The highest BCUT2D eigenvalue weighted by Gasteiger charge is 2.13. The average Bonchev–Trinajstić information content (AvgIpc) is 3.29. The van der Waals surface area contributed by atoms with Gasteiger partial charge in [0.25, 0.3) is 5.91 Å². The Kier molecular flexibility index (Phi) is 6.16. The van der Waals surface area contributed by atoms with E-state index in [4.69, 9.17) is 15.5 Å². The highest BCUT2D eigenvalue weighted by molar-refractivity contribution is 7.17. The third-order valence-corrected chi connectivity index (χ3v) is 6.42. The molecule has 33 heavy (non-hydrogen) atoms. The molecule has 168 valence electrons. The minimum absolute atomic E-state index is 0.0973. The second-order valence-corrected chi connectivity index (χ2v) is 8.53. The fourth-order valence-electron chi connectivity index (χ4n) is 3.82. The summed E-state index contributed by atoms with van der Waals surface area (Å²) in [7, 11) is 0. The number of fused-ring (bicyclic) bond motifs is 1. The van der Waals surface area contributed by atoms with E-state index in [1.807, 2.05) is 41.9 Å². The summed E-state index contributed by atoms with van der Waals surface area (Å²) in [6.45, 7) is 3.43. The van der Waals surface area contributed by atoms with Crippen LogP contribution in [0.5, 0.6) is 0 Å². The number of hydrogen-bond acceptors (Lipinski definition) is 8. The van der Waals surface area contributed by atoms with E-state index in [1.54, 1.807) is 17.4 Å². The zero-order valence-corrected chi connectivity index (χ0v) is 18.8. The van der Waals surface area contributed by atoms with Crippen molar-refractivity contribution in [3.05, 3.63) is 65.7 Å². The molecule has 1 amide bonds. The molecule has 0 atom stereocenters. The first-order chi connectivity index (χ1) is 16.2. The van der Waals surface area contributed by atoms with Gasteiger partial charge >= 0.3 is 0 Å². The van der Waals surface area contributed by atoms with Gasteiger partial charge in [-0.1, -0.05) is 12.1 Å². The maximum absolute atomic E-state index is 12.2. The lowest BCUT2D eigenvalue weighted by Crippen LogP contribution is -2.36. The molecule has 8 nitrogen and oxygen atoms in total. The van der Waals surface area contributed by atoms with Gasteiger partial charge in [-0.25, -0.2) is 9.97 Å². The number of aromatic nitrogens is 2. The summed E-state index contributed by atoms with van der Waals surface area (Å²) >= 11 is 1.58. The highest BCUT2D eigenvalue weighted by Crippen LogP contribution is 2.33. The number of nitrogens with zero attached hydrogens (tertiary/aromatic N) is 3. The Balaban J connectivity index is 1.38. The van der Waals surface area contributed by atoms with Crippen molar-refractivity contribution in [1.82, 2.24) is 15.3 Å². The van der Waals surface area contributed by atoms with Crippen molar-refractivity contribution in [3.63, 3.8) is 0 Å². The van der Waals surface area contributed by atoms with Crippen LogP contribution in [0.2, 0.25) is 0 Å². The quantitative estimate of drug-likeness (QED) is 0.378. The molecule has 5 rings (SSSR count). The molecule has 2 aromatic carbocycles. The van der Waals surface area contributed by atoms with Crippen LogP contribution in [0.3, 0.4) is 0 Å². The standard InChI is InChI=1S/C24H24N6O2S/c25-15-27-23(31)17-3-1-2-16(12-17)20-14-33-21-13-26-24(29-22(20)21)28-18-4-6-19(7-5-18)30-8-10-32-11-9-30/h1-7,12-14H,8-11,15,25H2,(H,27,31)(H,26,28,29). The van der Waals surface area contributed by atoms with Gasteiger partial charge in [-0.05, 0) is 42.0 Å². The van der Waals surface area contributed by atoms with Crippen molar-refractivity contribution < 1.29 is 9.53 Å². The van der Waals surface area contributed by atoms with E-state index in [2.05, 4.69) is 32.7 Å². The van der Waals surface area contributed by atoms with E-state index in [9.17, 15) is 4.79 Å². The fraction of sp³-hybridized carbons (Fsp3) is 0.208. The van der Waals surface area contributed by atoms with Crippen molar-refractivity contribution in [2.24, 2.45) is 5.73 Å². The summed E-state index contributed by atoms with van der Waals surface area (Å²) in [5, 5.41) is 7.97. The number of nitrogens with one attached hydrogen (secondary N) is 2. The van der Waals surface area contributed by atoms with Crippen LogP contribution in [0.15, 0.2) is 60.1 Å². The Labute approximate surface area is 195 Å². The number of rotatable bonds is 6. The molecule has 2 aromatic heterocycles. The van der Waals surface area contributed by atoms with Gasteiger partial charge in [-0.15, -0.1) is 11.3 Å². The van der Waals surface area contributed by atoms with Gasteiger partial charge in [0.2, 0.25) is 5.95 Å². The van der Waals surface area contributed by atoms with Crippen LogP contribution in [0.25, 0.3) is 21.3 Å². The van der Waals surface area contributed by atoms with Gasteiger partial charge in [-0.2, -0.15) is 0 Å². The van der Waals surface area contributed by atoms with E-state index in [1.165, 1.54) is 5.69 Å². The lowest BCUT2D eigenvalue weighted by atomic mass is 10.0. The van der Waals surface area contributed by atoms with Crippen LogP contribution in [0.1, 0.15) is 10.4 Å². The monoisotopic (exact) mass is 460 g/mol. The van der Waals surface area contributed by atoms with Crippen LogP contribution in [-0.2, 0) is 4.74 Å². The topological polar surface area (TPSA) is 105 Å². The van der Waals surface area contributed by atoms with Gasteiger partial charge in [0.1, 0.15) is 0 Å². The number of carbonyl (C=O) groups excluding carboxylic acids is 1. The molecule has 0 radical (unpaired) electrons. The number of nitrogens with two attached hydrogens (primary N) is 1. The lowest BCUT2D eigenvalue weighted by molar-refractivity contribution is 0.0955. The zero-order chi connectivity index (χ0) is 22.6. The lowest BCUT2D eigenvalue weighted by Gasteiger charge is -2.28. The summed E-state index contributed by atoms with van der Waals surface area (Å²) in [6, 6.07) is 15.7. The van der Waals surface area contributed by atoms with E-state index < -0.39 is 0 Å². The Hall–Kier alpha value is -3.53. The molecule has 0 unspecified atom stereocenters. The predicted molar refractivity (Wildman–Crippen MR) is 132 cm³/mol. The van der Waals surface area contributed by atoms with Crippen molar-refractivity contribution in [1.29, 1.82) is 0 Å². The van der Waals surface area contributed by atoms with Gasteiger partial charge in [0.15, 0.2) is 0 Å². The first kappa shape index (κ1) is 21.3. The third kappa shape index (κ3) is 4.65. The Morgan fingerprint density at radius 3 is 2.76 bits per heavy atom. The maximum atomic E-state index is 12.2. The molecule has 0 saturated carbocycles. The highest BCUT2D eigenvalue weighted by atomic mass is 32.1. The minimum atomic E-state index is -0.198. The average molecular weight is 461 g/mol. The number of anilines is 3. The van der Waals surface area contributed by atoms with E-state index in [0.717, 1.165) is 53.3 Å². The molecule has 0 aliphatic carbocycles. The van der Waals surface area contributed by atoms with Crippen LogP contribution < -0.4 is 21.3 Å². The van der Waals surface area contributed by atoms with E-state index in [0.29, 0.717) is 11.5 Å². The number of thiophene rings is 1. The largest absolute Gasteiger partial charge is 0.378 e. The molecular weight excluding hydrogens is 436 g/mol. The fourth-order valence-corrected chi connectivity index (χ4v) is 4.70. The first-order valence-corrected chi connectivity index (χ1v) is 11.6. The van der Waals surface area contributed by atoms with Crippen molar-refractivity contribution >= 4 is 44.8 Å². The van der Waals surface area contributed by atoms with Gasteiger partial charge < -0.3 is 26.0 Å². The second kappa shape index (κ2) is 9.53. The molecule has 9 heteroatoms. The number of ether oxygens (including phenoxy) is 1. The van der Waals surface area contributed by atoms with E-state index >= 15 is 0 Å². The summed E-state index contributed by atoms with van der Waals surface area (Å²) in [5.41, 5.74) is 10.8. The second-order valence-electron chi connectivity index (χ2n) is 7.62. The summed E-state index contributed by atoms with van der Waals surface area (Å²) in [4.78, 5) is 23.7. The van der Waals surface area contributed by atoms with Crippen LogP contribution >= 0.6 is 11.3 Å². The van der Waals surface area contributed by atoms with Gasteiger partial charge in [0, 0.05) is 41.0 Å². The molecule has 1 aliphatic heterocycles. The van der Waals surface area contributed by atoms with Gasteiger partial charge in [0.05, 0.1) is 36.3 Å². The van der Waals surface area contributed by atoms with E-state index in [-0.39, 0.29) is 12.6 Å². The molecule has 1 saturated heterocycles. The summed E-state index contributed by atoms with van der Waals surface area (Å²) in [5.74, 6) is 0.328. The van der Waals surface area contributed by atoms with Crippen LogP contribution in [0.4, 0.5) is 17.3 Å². The molecule has 1 fully saturated rings. The van der Waals surface area contributed by atoms with Crippen LogP contribution in [-0.4, -0.2) is 48.8 Å². The smallest absolute Gasteiger partial charge is 0.252 e. The first-order valence-electron chi connectivity index (χ1n) is 10.7. The van der Waals surface area contributed by atoms with Crippen molar-refractivity contribution in [2.75, 3.05) is 43.2 Å². The molecular formula is C24H24N6O2S. The number of morpholine rings is 1. The molecule has 4 aromatic rings.